The molecule has 1 rings (SSSR count). The molecule has 0 aliphatic carbocycles. The third kappa shape index (κ3) is 6.95. The van der Waals surface area contributed by atoms with E-state index in [4.69, 9.17) is 24.7 Å². The van der Waals surface area contributed by atoms with Gasteiger partial charge in [0.2, 0.25) is 0 Å². The van der Waals surface area contributed by atoms with E-state index in [0.29, 0.717) is 45.4 Å². The van der Waals surface area contributed by atoms with E-state index in [-0.39, 0.29) is 5.69 Å². The monoisotopic (exact) mass is 273 g/mol. The van der Waals surface area contributed by atoms with Gasteiger partial charge in [-0.3, -0.25) is 0 Å². The van der Waals surface area contributed by atoms with Crippen LogP contribution in [0.5, 0.6) is 5.75 Å². The standard InChI is InChI=1S/C13H20FNO4/c1-16-4-5-17-6-7-18-8-9-19-11-2-3-13(15)12(14)10-11/h2-3,10H,4-9,15H2,1H3. The first-order valence-electron chi connectivity index (χ1n) is 6.06. The normalized spacial score (nSPS) is 10.6. The van der Waals surface area contributed by atoms with Gasteiger partial charge >= 0.3 is 0 Å². The summed E-state index contributed by atoms with van der Waals surface area (Å²) in [5.74, 6) is -0.0448. The lowest BCUT2D eigenvalue weighted by molar-refractivity contribution is 0.0179. The minimum Gasteiger partial charge on any atom is -0.491 e. The highest BCUT2D eigenvalue weighted by molar-refractivity contribution is 5.43. The summed E-state index contributed by atoms with van der Waals surface area (Å²) in [7, 11) is 1.62. The van der Waals surface area contributed by atoms with Crippen LogP contribution in [0.4, 0.5) is 10.1 Å². The first kappa shape index (κ1) is 15.7. The maximum atomic E-state index is 13.1. The Morgan fingerprint density at radius 2 is 1.63 bits per heavy atom. The molecular formula is C13H20FNO4. The number of anilines is 1. The van der Waals surface area contributed by atoms with Crippen molar-refractivity contribution in [2.24, 2.45) is 0 Å². The Morgan fingerprint density at radius 1 is 1.00 bits per heavy atom. The molecule has 0 amide bonds. The minimum absolute atomic E-state index is 0.108. The van der Waals surface area contributed by atoms with Crippen molar-refractivity contribution in [3.05, 3.63) is 24.0 Å². The number of nitrogen functional groups attached to an aromatic ring is 1. The van der Waals surface area contributed by atoms with E-state index in [1.54, 1.807) is 13.2 Å². The topological polar surface area (TPSA) is 62.9 Å². The molecule has 0 radical (unpaired) electrons. The van der Waals surface area contributed by atoms with E-state index in [2.05, 4.69) is 0 Å². The molecule has 0 saturated carbocycles. The Morgan fingerprint density at radius 3 is 2.26 bits per heavy atom. The summed E-state index contributed by atoms with van der Waals surface area (Å²) in [4.78, 5) is 0. The summed E-state index contributed by atoms with van der Waals surface area (Å²) in [6, 6.07) is 4.34. The van der Waals surface area contributed by atoms with Crippen LogP contribution in [0, 0.1) is 5.82 Å². The Hall–Kier alpha value is -1.37. The van der Waals surface area contributed by atoms with Gasteiger partial charge in [-0.25, -0.2) is 4.39 Å². The molecule has 0 bridgehead atoms. The molecule has 0 aromatic heterocycles. The van der Waals surface area contributed by atoms with Gasteiger partial charge in [0, 0.05) is 13.2 Å². The smallest absolute Gasteiger partial charge is 0.149 e. The van der Waals surface area contributed by atoms with E-state index >= 15 is 0 Å². The van der Waals surface area contributed by atoms with Gasteiger partial charge in [0.05, 0.1) is 38.7 Å². The minimum atomic E-state index is -0.482. The van der Waals surface area contributed by atoms with Crippen LogP contribution in [0.25, 0.3) is 0 Å². The fourth-order valence-corrected chi connectivity index (χ4v) is 1.28. The fourth-order valence-electron chi connectivity index (χ4n) is 1.28. The summed E-state index contributed by atoms with van der Waals surface area (Å²) < 4.78 is 33.7. The van der Waals surface area contributed by atoms with Crippen molar-refractivity contribution >= 4 is 5.69 Å². The number of hydrogen-bond acceptors (Lipinski definition) is 5. The average Bonchev–Trinajstić information content (AvgIpc) is 2.41. The number of rotatable bonds is 10. The van der Waals surface area contributed by atoms with Crippen LogP contribution < -0.4 is 10.5 Å². The van der Waals surface area contributed by atoms with E-state index in [1.807, 2.05) is 0 Å². The molecular weight excluding hydrogens is 253 g/mol. The zero-order valence-corrected chi connectivity index (χ0v) is 11.1. The van der Waals surface area contributed by atoms with Crippen molar-refractivity contribution < 1.29 is 23.3 Å². The number of ether oxygens (including phenoxy) is 4. The lowest BCUT2D eigenvalue weighted by Gasteiger charge is -2.08. The first-order chi connectivity index (χ1) is 9.24. The number of nitrogens with two attached hydrogens (primary N) is 1. The van der Waals surface area contributed by atoms with Gasteiger partial charge < -0.3 is 24.7 Å². The van der Waals surface area contributed by atoms with Crippen LogP contribution >= 0.6 is 0 Å². The maximum absolute atomic E-state index is 13.1. The van der Waals surface area contributed by atoms with Crippen LogP contribution in [0.3, 0.4) is 0 Å². The first-order valence-corrected chi connectivity index (χ1v) is 6.06. The third-order valence-electron chi connectivity index (χ3n) is 2.27. The summed E-state index contributed by atoms with van der Waals surface area (Å²) in [5, 5.41) is 0. The van der Waals surface area contributed by atoms with Crippen molar-refractivity contribution in [1.82, 2.24) is 0 Å². The number of benzene rings is 1. The van der Waals surface area contributed by atoms with Gasteiger partial charge in [0.25, 0.3) is 0 Å². The van der Waals surface area contributed by atoms with Crippen molar-refractivity contribution in [1.29, 1.82) is 0 Å². The molecule has 0 aliphatic heterocycles. The summed E-state index contributed by atoms with van der Waals surface area (Å²) in [6.07, 6.45) is 0. The average molecular weight is 273 g/mol. The lowest BCUT2D eigenvalue weighted by Crippen LogP contribution is -2.12. The van der Waals surface area contributed by atoms with Crippen LogP contribution in [0.2, 0.25) is 0 Å². The SMILES string of the molecule is COCCOCCOCCOc1ccc(N)c(F)c1. The molecule has 0 aliphatic rings. The van der Waals surface area contributed by atoms with Gasteiger partial charge in [0.15, 0.2) is 0 Å². The highest BCUT2D eigenvalue weighted by atomic mass is 19.1. The highest BCUT2D eigenvalue weighted by Crippen LogP contribution is 2.17. The van der Waals surface area contributed by atoms with Gasteiger partial charge in [-0.1, -0.05) is 0 Å². The van der Waals surface area contributed by atoms with Gasteiger partial charge in [0.1, 0.15) is 18.2 Å². The molecule has 108 valence electrons. The largest absolute Gasteiger partial charge is 0.491 e. The molecule has 0 spiro atoms. The Labute approximate surface area is 112 Å². The number of methoxy groups -OCH3 is 1. The van der Waals surface area contributed by atoms with Crippen molar-refractivity contribution in [2.75, 3.05) is 52.5 Å². The van der Waals surface area contributed by atoms with Crippen molar-refractivity contribution in [3.63, 3.8) is 0 Å². The molecule has 1 aromatic rings. The quantitative estimate of drug-likeness (QED) is 0.516. The van der Waals surface area contributed by atoms with Gasteiger partial charge in [-0.2, -0.15) is 0 Å². The second kappa shape index (κ2) is 9.55. The number of halogens is 1. The van der Waals surface area contributed by atoms with Gasteiger partial charge in [-0.15, -0.1) is 0 Å². The van der Waals surface area contributed by atoms with E-state index in [9.17, 15) is 4.39 Å². The third-order valence-corrected chi connectivity index (χ3v) is 2.27. The zero-order chi connectivity index (χ0) is 13.9. The Balaban J connectivity index is 2.00. The second-order valence-electron chi connectivity index (χ2n) is 3.75. The van der Waals surface area contributed by atoms with Crippen LogP contribution in [-0.2, 0) is 14.2 Å². The van der Waals surface area contributed by atoms with Crippen LogP contribution in [-0.4, -0.2) is 46.8 Å². The molecule has 6 heteroatoms. The van der Waals surface area contributed by atoms with Crippen LogP contribution in [0.15, 0.2) is 18.2 Å². The predicted octanol–water partition coefficient (Wildman–Crippen LogP) is 1.47. The van der Waals surface area contributed by atoms with E-state index < -0.39 is 5.82 Å². The van der Waals surface area contributed by atoms with Crippen molar-refractivity contribution in [3.8, 4) is 5.75 Å². The van der Waals surface area contributed by atoms with E-state index in [1.165, 1.54) is 12.1 Å². The summed E-state index contributed by atoms with van der Waals surface area (Å²) in [5.41, 5.74) is 5.46. The molecule has 2 N–H and O–H groups in total. The molecule has 0 heterocycles. The fraction of sp³-hybridized carbons (Fsp3) is 0.538. The molecule has 0 unspecified atom stereocenters. The molecule has 0 fully saturated rings. The van der Waals surface area contributed by atoms with Gasteiger partial charge in [-0.05, 0) is 12.1 Å². The maximum Gasteiger partial charge on any atom is 0.149 e. The zero-order valence-electron chi connectivity index (χ0n) is 11.1. The molecule has 5 nitrogen and oxygen atoms in total. The highest BCUT2D eigenvalue weighted by Gasteiger charge is 2.00. The predicted molar refractivity (Wildman–Crippen MR) is 69.8 cm³/mol. The molecule has 0 saturated heterocycles. The molecule has 0 atom stereocenters. The second-order valence-corrected chi connectivity index (χ2v) is 3.75. The molecule has 19 heavy (non-hydrogen) atoms. The number of hydrogen-bond donors (Lipinski definition) is 1. The summed E-state index contributed by atoms with van der Waals surface area (Å²) >= 11 is 0. The lowest BCUT2D eigenvalue weighted by atomic mass is 10.3. The van der Waals surface area contributed by atoms with Crippen molar-refractivity contribution in [2.45, 2.75) is 0 Å². The van der Waals surface area contributed by atoms with Crippen LogP contribution in [0.1, 0.15) is 0 Å². The Bertz CT molecular complexity index is 362. The van der Waals surface area contributed by atoms with E-state index in [0.717, 1.165) is 0 Å². The Kier molecular flexibility index (Phi) is 7.88. The summed E-state index contributed by atoms with van der Waals surface area (Å²) in [6.45, 7) is 2.90. The molecule has 1 aromatic carbocycles.